The summed E-state index contributed by atoms with van der Waals surface area (Å²) in [7, 11) is 0. The summed E-state index contributed by atoms with van der Waals surface area (Å²) in [4.78, 5) is 4.05. The number of aromatic nitrogens is 1. The van der Waals surface area contributed by atoms with E-state index in [9.17, 15) is 0 Å². The molecule has 0 bridgehead atoms. The first-order chi connectivity index (χ1) is 8.70. The maximum Gasteiger partial charge on any atom is 0.213 e. The minimum absolute atomic E-state index is 0.132. The van der Waals surface area contributed by atoms with Crippen molar-refractivity contribution in [3.63, 3.8) is 0 Å². The molecule has 0 aliphatic rings. The van der Waals surface area contributed by atoms with E-state index in [4.69, 9.17) is 21.4 Å². The second kappa shape index (κ2) is 6.18. The number of halogens is 2. The number of ether oxygens (including phenoxy) is 1. The van der Waals surface area contributed by atoms with Gasteiger partial charge in [-0.05, 0) is 6.07 Å². The largest absolute Gasteiger partial charge is 0.473 e. The van der Waals surface area contributed by atoms with Gasteiger partial charge in [-0.2, -0.15) is 0 Å². The Morgan fingerprint density at radius 3 is 2.78 bits per heavy atom. The molecule has 0 amide bonds. The summed E-state index contributed by atoms with van der Waals surface area (Å²) in [5.74, 6) is 0.444. The third-order valence-electron chi connectivity index (χ3n) is 2.41. The molecule has 0 unspecified atom stereocenters. The number of hydrogen-bond donors (Lipinski definition) is 1. The van der Waals surface area contributed by atoms with Crippen molar-refractivity contribution >= 4 is 27.5 Å². The number of benzene rings is 1. The van der Waals surface area contributed by atoms with Crippen molar-refractivity contribution in [1.82, 2.24) is 4.98 Å². The summed E-state index contributed by atoms with van der Waals surface area (Å²) >= 11 is 9.30. The Bertz CT molecular complexity index is 548. The lowest BCUT2D eigenvalue weighted by Crippen LogP contribution is -1.99. The molecule has 2 rings (SSSR count). The smallest absolute Gasteiger partial charge is 0.213 e. The normalized spacial score (nSPS) is 10.4. The highest BCUT2D eigenvalue weighted by Gasteiger charge is 2.05. The molecule has 94 valence electrons. The lowest BCUT2D eigenvalue weighted by atomic mass is 10.2. The minimum atomic E-state index is -0.132. The van der Waals surface area contributed by atoms with Crippen LogP contribution in [0, 0.1) is 0 Å². The summed E-state index contributed by atoms with van der Waals surface area (Å²) in [5, 5.41) is 9.53. The summed E-state index contributed by atoms with van der Waals surface area (Å²) in [6.07, 6.45) is 1.47. The van der Waals surface area contributed by atoms with Gasteiger partial charge in [0, 0.05) is 27.9 Å². The van der Waals surface area contributed by atoms with Crippen LogP contribution in [0.2, 0.25) is 5.02 Å². The first kappa shape index (κ1) is 13.3. The van der Waals surface area contributed by atoms with Gasteiger partial charge >= 0.3 is 0 Å². The second-order valence-electron chi connectivity index (χ2n) is 3.65. The van der Waals surface area contributed by atoms with Crippen molar-refractivity contribution in [2.75, 3.05) is 0 Å². The van der Waals surface area contributed by atoms with Crippen molar-refractivity contribution < 1.29 is 9.84 Å². The molecule has 0 saturated carbocycles. The molecule has 1 aromatic heterocycles. The van der Waals surface area contributed by atoms with Crippen molar-refractivity contribution in [3.05, 3.63) is 57.2 Å². The zero-order valence-electron chi connectivity index (χ0n) is 9.44. The molecule has 18 heavy (non-hydrogen) atoms. The van der Waals surface area contributed by atoms with E-state index in [1.54, 1.807) is 6.07 Å². The average molecular weight is 329 g/mol. The standard InChI is InChI=1S/C13H11BrClNO2/c14-11-4-2-1-3-9(11)8-18-13-5-10(7-17)12(15)6-16-13/h1-6,17H,7-8H2. The Labute approximate surface area is 119 Å². The van der Waals surface area contributed by atoms with Crippen LogP contribution < -0.4 is 4.74 Å². The van der Waals surface area contributed by atoms with Crippen LogP contribution in [0.25, 0.3) is 0 Å². The molecule has 1 heterocycles. The predicted octanol–water partition coefficient (Wildman–Crippen LogP) is 3.57. The number of pyridine rings is 1. The molecule has 0 atom stereocenters. The Hall–Kier alpha value is -1.10. The Balaban J connectivity index is 2.09. The number of aliphatic hydroxyl groups is 1. The molecule has 1 N–H and O–H groups in total. The first-order valence-electron chi connectivity index (χ1n) is 5.32. The summed E-state index contributed by atoms with van der Waals surface area (Å²) in [6.45, 7) is 0.271. The maximum absolute atomic E-state index is 9.10. The van der Waals surface area contributed by atoms with Gasteiger partial charge in [0.15, 0.2) is 0 Å². The molecule has 0 saturated heterocycles. The minimum Gasteiger partial charge on any atom is -0.473 e. The van der Waals surface area contributed by atoms with Crippen LogP contribution in [0.15, 0.2) is 41.0 Å². The van der Waals surface area contributed by atoms with Gasteiger partial charge in [0.2, 0.25) is 5.88 Å². The first-order valence-corrected chi connectivity index (χ1v) is 6.49. The summed E-state index contributed by atoms with van der Waals surface area (Å²) in [5.41, 5.74) is 1.63. The third-order valence-corrected chi connectivity index (χ3v) is 3.53. The topological polar surface area (TPSA) is 42.4 Å². The van der Waals surface area contributed by atoms with E-state index < -0.39 is 0 Å². The Morgan fingerprint density at radius 1 is 1.28 bits per heavy atom. The van der Waals surface area contributed by atoms with Crippen molar-refractivity contribution in [1.29, 1.82) is 0 Å². The molecule has 0 spiro atoms. The molecule has 0 fully saturated rings. The Morgan fingerprint density at radius 2 is 2.06 bits per heavy atom. The fourth-order valence-electron chi connectivity index (χ4n) is 1.43. The van der Waals surface area contributed by atoms with Gasteiger partial charge in [-0.15, -0.1) is 0 Å². The van der Waals surface area contributed by atoms with Crippen LogP contribution >= 0.6 is 27.5 Å². The van der Waals surface area contributed by atoms with Gasteiger partial charge in [0.1, 0.15) is 6.61 Å². The Kier molecular flexibility index (Phi) is 4.58. The highest BCUT2D eigenvalue weighted by molar-refractivity contribution is 9.10. The monoisotopic (exact) mass is 327 g/mol. The molecule has 0 aliphatic heterocycles. The van der Waals surface area contributed by atoms with Gasteiger partial charge in [-0.1, -0.05) is 45.7 Å². The lowest BCUT2D eigenvalue weighted by Gasteiger charge is -2.08. The second-order valence-corrected chi connectivity index (χ2v) is 4.91. The SMILES string of the molecule is OCc1cc(OCc2ccccc2Br)ncc1Cl. The zero-order chi connectivity index (χ0) is 13.0. The molecule has 1 aromatic carbocycles. The van der Waals surface area contributed by atoms with E-state index in [2.05, 4.69) is 20.9 Å². The predicted molar refractivity (Wildman–Crippen MR) is 73.6 cm³/mol. The van der Waals surface area contributed by atoms with Crippen LogP contribution in [-0.4, -0.2) is 10.1 Å². The highest BCUT2D eigenvalue weighted by atomic mass is 79.9. The summed E-state index contributed by atoms with van der Waals surface area (Å²) < 4.78 is 6.55. The fraction of sp³-hybridized carbons (Fsp3) is 0.154. The summed E-state index contributed by atoms with van der Waals surface area (Å²) in [6, 6.07) is 9.44. The number of nitrogens with zero attached hydrogens (tertiary/aromatic N) is 1. The van der Waals surface area contributed by atoms with Gasteiger partial charge in [-0.3, -0.25) is 0 Å². The molecule has 2 aromatic rings. The van der Waals surface area contributed by atoms with E-state index >= 15 is 0 Å². The maximum atomic E-state index is 9.10. The number of hydrogen-bond acceptors (Lipinski definition) is 3. The van der Waals surface area contributed by atoms with Crippen molar-refractivity contribution in [2.45, 2.75) is 13.2 Å². The van der Waals surface area contributed by atoms with E-state index in [1.807, 2.05) is 24.3 Å². The number of rotatable bonds is 4. The molecule has 5 heteroatoms. The molecule has 3 nitrogen and oxygen atoms in total. The third kappa shape index (κ3) is 3.22. The molecule has 0 radical (unpaired) electrons. The van der Waals surface area contributed by atoms with Crippen LogP contribution in [0.1, 0.15) is 11.1 Å². The van der Waals surface area contributed by atoms with Crippen LogP contribution in [0.5, 0.6) is 5.88 Å². The van der Waals surface area contributed by atoms with E-state index in [0.29, 0.717) is 23.1 Å². The molecule has 0 aliphatic carbocycles. The fourth-order valence-corrected chi connectivity index (χ4v) is 1.99. The average Bonchev–Trinajstić information content (AvgIpc) is 2.39. The van der Waals surface area contributed by atoms with Gasteiger partial charge in [0.25, 0.3) is 0 Å². The van der Waals surface area contributed by atoms with Crippen LogP contribution in [0.3, 0.4) is 0 Å². The van der Waals surface area contributed by atoms with E-state index in [1.165, 1.54) is 6.20 Å². The number of aliphatic hydroxyl groups excluding tert-OH is 1. The van der Waals surface area contributed by atoms with Crippen LogP contribution in [-0.2, 0) is 13.2 Å². The quantitative estimate of drug-likeness (QED) is 0.933. The van der Waals surface area contributed by atoms with E-state index in [-0.39, 0.29) is 6.61 Å². The van der Waals surface area contributed by atoms with E-state index in [0.717, 1.165) is 10.0 Å². The van der Waals surface area contributed by atoms with Crippen molar-refractivity contribution in [2.24, 2.45) is 0 Å². The highest BCUT2D eigenvalue weighted by Crippen LogP contribution is 2.21. The van der Waals surface area contributed by atoms with Crippen LogP contribution in [0.4, 0.5) is 0 Å². The van der Waals surface area contributed by atoms with Gasteiger partial charge in [0.05, 0.1) is 11.6 Å². The lowest BCUT2D eigenvalue weighted by molar-refractivity contribution is 0.274. The van der Waals surface area contributed by atoms with Gasteiger partial charge in [-0.25, -0.2) is 4.98 Å². The van der Waals surface area contributed by atoms with Gasteiger partial charge < -0.3 is 9.84 Å². The van der Waals surface area contributed by atoms with Crippen molar-refractivity contribution in [3.8, 4) is 5.88 Å². The zero-order valence-corrected chi connectivity index (χ0v) is 11.8. The molecular formula is C13H11BrClNO2. The molecular weight excluding hydrogens is 318 g/mol.